The second-order valence-corrected chi connectivity index (χ2v) is 9.95. The minimum absolute atomic E-state index is 0.127. The molecule has 6 heteroatoms. The standard InChI is InChI=1S/C26H29ClFNO3/c27-20-4-8-22(9-5-20)32-24-10-3-19-16-29(17-23(19)24)25(30)26(11-13-31-14-12-26)15-18-1-6-21(28)7-2-18/h1-2,4-9,19,23-24H,3,10-17H2/t19-,23+,24-/m0/s1. The fourth-order valence-electron chi connectivity index (χ4n) is 5.77. The molecule has 0 bridgehead atoms. The van der Waals surface area contributed by atoms with E-state index in [9.17, 15) is 9.18 Å². The van der Waals surface area contributed by atoms with Crippen molar-refractivity contribution in [3.05, 3.63) is 64.9 Å². The third-order valence-electron chi connectivity index (χ3n) is 7.54. The van der Waals surface area contributed by atoms with E-state index < -0.39 is 5.41 Å². The zero-order valence-corrected chi connectivity index (χ0v) is 18.9. The number of likely N-dealkylation sites (tertiary alicyclic amines) is 1. The Balaban J connectivity index is 1.29. The SMILES string of the molecule is O=C(N1C[C@@H]2CC[C@H](Oc3ccc(Cl)cc3)[C@@H]2C1)C1(Cc2ccc(F)cc2)CCOCC1. The summed E-state index contributed by atoms with van der Waals surface area (Å²) in [5.74, 6) is 1.66. The Labute approximate surface area is 193 Å². The van der Waals surface area contributed by atoms with Gasteiger partial charge in [-0.05, 0) is 80.0 Å². The van der Waals surface area contributed by atoms with Crippen molar-refractivity contribution in [2.45, 2.75) is 38.2 Å². The van der Waals surface area contributed by atoms with Crippen LogP contribution in [-0.4, -0.2) is 43.2 Å². The van der Waals surface area contributed by atoms with Gasteiger partial charge in [0.05, 0.1) is 5.41 Å². The molecule has 1 saturated carbocycles. The zero-order chi connectivity index (χ0) is 22.1. The smallest absolute Gasteiger partial charge is 0.229 e. The molecule has 2 aliphatic heterocycles. The number of hydrogen-bond donors (Lipinski definition) is 0. The average Bonchev–Trinajstić information content (AvgIpc) is 3.39. The van der Waals surface area contributed by atoms with Crippen LogP contribution in [0.1, 0.15) is 31.2 Å². The first-order valence-electron chi connectivity index (χ1n) is 11.6. The van der Waals surface area contributed by atoms with Crippen LogP contribution in [0.4, 0.5) is 4.39 Å². The summed E-state index contributed by atoms with van der Waals surface area (Å²) < 4.78 is 25.3. The number of amides is 1. The van der Waals surface area contributed by atoms with E-state index in [0.717, 1.165) is 37.2 Å². The van der Waals surface area contributed by atoms with Crippen LogP contribution in [0.15, 0.2) is 48.5 Å². The average molecular weight is 458 g/mol. The molecule has 1 aliphatic carbocycles. The Kier molecular flexibility index (Phi) is 6.13. The fourth-order valence-corrected chi connectivity index (χ4v) is 5.90. The summed E-state index contributed by atoms with van der Waals surface area (Å²) in [6.45, 7) is 2.73. The molecule has 0 aromatic heterocycles. The van der Waals surface area contributed by atoms with Crippen molar-refractivity contribution in [3.63, 3.8) is 0 Å². The molecular weight excluding hydrogens is 429 g/mol. The van der Waals surface area contributed by atoms with Crippen LogP contribution < -0.4 is 4.74 Å². The molecule has 3 aliphatic rings. The molecule has 0 unspecified atom stereocenters. The van der Waals surface area contributed by atoms with Gasteiger partial charge in [0.1, 0.15) is 17.7 Å². The number of hydrogen-bond acceptors (Lipinski definition) is 3. The third-order valence-corrected chi connectivity index (χ3v) is 7.79. The lowest BCUT2D eigenvalue weighted by Crippen LogP contribution is -2.48. The predicted molar refractivity (Wildman–Crippen MR) is 121 cm³/mol. The quantitative estimate of drug-likeness (QED) is 0.624. The summed E-state index contributed by atoms with van der Waals surface area (Å²) in [7, 11) is 0. The molecule has 0 radical (unpaired) electrons. The van der Waals surface area contributed by atoms with Crippen molar-refractivity contribution >= 4 is 17.5 Å². The summed E-state index contributed by atoms with van der Waals surface area (Å²) in [6.07, 6.45) is 4.28. The van der Waals surface area contributed by atoms with E-state index in [0.29, 0.717) is 49.3 Å². The highest BCUT2D eigenvalue weighted by Gasteiger charge is 2.50. The number of carbonyl (C=O) groups is 1. The van der Waals surface area contributed by atoms with Crippen molar-refractivity contribution in [2.24, 2.45) is 17.3 Å². The van der Waals surface area contributed by atoms with Gasteiger partial charge in [-0.25, -0.2) is 4.39 Å². The van der Waals surface area contributed by atoms with Crippen molar-refractivity contribution in [1.82, 2.24) is 4.90 Å². The van der Waals surface area contributed by atoms with Gasteiger partial charge in [-0.3, -0.25) is 4.79 Å². The highest BCUT2D eigenvalue weighted by molar-refractivity contribution is 6.30. The Bertz CT molecular complexity index is 943. The molecule has 2 heterocycles. The Hall–Kier alpha value is -2.11. The fraction of sp³-hybridized carbons (Fsp3) is 0.500. The molecule has 2 aromatic rings. The summed E-state index contributed by atoms with van der Waals surface area (Å²) in [6, 6.07) is 14.1. The zero-order valence-electron chi connectivity index (χ0n) is 18.1. The number of nitrogens with zero attached hydrogens (tertiary/aromatic N) is 1. The second-order valence-electron chi connectivity index (χ2n) is 9.52. The number of rotatable bonds is 5. The van der Waals surface area contributed by atoms with E-state index in [1.807, 2.05) is 24.3 Å². The number of fused-ring (bicyclic) bond motifs is 1. The van der Waals surface area contributed by atoms with Crippen LogP contribution in [0.25, 0.3) is 0 Å². The third kappa shape index (κ3) is 4.38. The van der Waals surface area contributed by atoms with Crippen LogP contribution in [0.2, 0.25) is 5.02 Å². The van der Waals surface area contributed by atoms with Gasteiger partial charge in [-0.15, -0.1) is 0 Å². The topological polar surface area (TPSA) is 38.8 Å². The Morgan fingerprint density at radius 2 is 1.78 bits per heavy atom. The molecule has 4 nitrogen and oxygen atoms in total. The lowest BCUT2D eigenvalue weighted by Gasteiger charge is -2.39. The van der Waals surface area contributed by atoms with Crippen molar-refractivity contribution in [3.8, 4) is 5.75 Å². The first-order valence-corrected chi connectivity index (χ1v) is 11.9. The first kappa shape index (κ1) is 21.7. The maximum absolute atomic E-state index is 13.9. The van der Waals surface area contributed by atoms with Crippen molar-refractivity contribution in [1.29, 1.82) is 0 Å². The first-order chi connectivity index (χ1) is 15.5. The van der Waals surface area contributed by atoms with E-state index in [1.165, 1.54) is 12.1 Å². The Morgan fingerprint density at radius 1 is 1.06 bits per heavy atom. The van der Waals surface area contributed by atoms with E-state index >= 15 is 0 Å². The highest BCUT2D eigenvalue weighted by atomic mass is 35.5. The normalized spacial score (nSPS) is 26.7. The minimum atomic E-state index is -0.471. The van der Waals surface area contributed by atoms with Crippen molar-refractivity contribution in [2.75, 3.05) is 26.3 Å². The largest absolute Gasteiger partial charge is 0.490 e. The van der Waals surface area contributed by atoms with E-state index in [1.54, 1.807) is 12.1 Å². The van der Waals surface area contributed by atoms with Crippen LogP contribution >= 0.6 is 11.6 Å². The molecule has 2 aromatic carbocycles. The maximum Gasteiger partial charge on any atom is 0.229 e. The Morgan fingerprint density at radius 3 is 2.50 bits per heavy atom. The van der Waals surface area contributed by atoms with E-state index in [4.69, 9.17) is 21.1 Å². The molecule has 3 atom stereocenters. The van der Waals surface area contributed by atoms with Gasteiger partial charge >= 0.3 is 0 Å². The number of carbonyl (C=O) groups excluding carboxylic acids is 1. The lowest BCUT2D eigenvalue weighted by atomic mass is 9.74. The van der Waals surface area contributed by atoms with Crippen LogP contribution in [0, 0.1) is 23.1 Å². The van der Waals surface area contributed by atoms with Gasteiger partial charge in [0.2, 0.25) is 5.91 Å². The molecule has 0 N–H and O–H groups in total. The van der Waals surface area contributed by atoms with Gasteiger partial charge in [-0.2, -0.15) is 0 Å². The van der Waals surface area contributed by atoms with Gasteiger partial charge < -0.3 is 14.4 Å². The summed E-state index contributed by atoms with van der Waals surface area (Å²) in [4.78, 5) is 15.9. The van der Waals surface area contributed by atoms with Gasteiger partial charge in [-0.1, -0.05) is 23.7 Å². The molecule has 5 rings (SSSR count). The molecule has 0 spiro atoms. The predicted octanol–water partition coefficient (Wildman–Crippen LogP) is 5.13. The summed E-state index contributed by atoms with van der Waals surface area (Å²) >= 11 is 6.00. The van der Waals surface area contributed by atoms with Gasteiger partial charge in [0.25, 0.3) is 0 Å². The molecule has 1 amide bonds. The molecule has 3 fully saturated rings. The second kappa shape index (κ2) is 9.03. The van der Waals surface area contributed by atoms with Gasteiger partial charge in [0.15, 0.2) is 0 Å². The lowest BCUT2D eigenvalue weighted by molar-refractivity contribution is -0.147. The van der Waals surface area contributed by atoms with Crippen LogP contribution in [0.3, 0.4) is 0 Å². The summed E-state index contributed by atoms with van der Waals surface area (Å²) in [5, 5.41) is 0.696. The summed E-state index contributed by atoms with van der Waals surface area (Å²) in [5.41, 5.74) is 0.534. The molecule has 32 heavy (non-hydrogen) atoms. The van der Waals surface area contributed by atoms with Crippen LogP contribution in [0.5, 0.6) is 5.75 Å². The molecule has 2 saturated heterocycles. The monoisotopic (exact) mass is 457 g/mol. The number of ether oxygens (including phenoxy) is 2. The van der Waals surface area contributed by atoms with Crippen LogP contribution in [-0.2, 0) is 16.0 Å². The number of halogens is 2. The maximum atomic E-state index is 13.9. The van der Waals surface area contributed by atoms with Crippen molar-refractivity contribution < 1.29 is 18.7 Å². The van der Waals surface area contributed by atoms with E-state index in [2.05, 4.69) is 4.90 Å². The highest BCUT2D eigenvalue weighted by Crippen LogP contribution is 2.44. The molecule has 170 valence electrons. The molecular formula is C26H29ClFNO3. The minimum Gasteiger partial charge on any atom is -0.490 e. The number of benzene rings is 2. The van der Waals surface area contributed by atoms with Gasteiger partial charge in [0, 0.05) is 37.2 Å². The van der Waals surface area contributed by atoms with E-state index in [-0.39, 0.29) is 17.8 Å².